The largest absolute Gasteiger partial charge is 0.394 e. The normalized spacial score (nSPS) is 26.1. The summed E-state index contributed by atoms with van der Waals surface area (Å²) in [5, 5.41) is 121. The van der Waals surface area contributed by atoms with Gasteiger partial charge in [0.15, 0.2) is 18.9 Å². The zero-order valence-electron chi connectivity index (χ0n) is 66.5. The molecule has 108 heavy (non-hydrogen) atoms. The van der Waals surface area contributed by atoms with Crippen LogP contribution in [0.15, 0.2) is 134 Å². The summed E-state index contributed by atoms with van der Waals surface area (Å²) in [5.41, 5.74) is 0. The number of rotatable bonds is 66. The molecular weight excluding hydrogens is 1370 g/mol. The van der Waals surface area contributed by atoms with Gasteiger partial charge < -0.3 is 89.9 Å². The van der Waals surface area contributed by atoms with Crippen molar-refractivity contribution in [3.05, 3.63) is 134 Å². The Morgan fingerprint density at radius 2 is 0.648 bits per heavy atom. The smallest absolute Gasteiger partial charge is 0.220 e. The zero-order chi connectivity index (χ0) is 78.1. The Bertz CT molecular complexity index is 2470. The van der Waals surface area contributed by atoms with E-state index in [9.17, 15) is 61.0 Å². The highest BCUT2D eigenvalue weighted by Gasteiger charge is 2.54. The van der Waals surface area contributed by atoms with E-state index in [1.165, 1.54) is 148 Å². The second-order valence-electron chi connectivity index (χ2n) is 29.5. The lowest BCUT2D eigenvalue weighted by molar-refractivity contribution is -0.379. The van der Waals surface area contributed by atoms with Gasteiger partial charge in [-0.05, 0) is 109 Å². The molecular formula is C89H151NO18. The lowest BCUT2D eigenvalue weighted by atomic mass is 9.96. The first-order valence-electron chi connectivity index (χ1n) is 42.4. The Kier molecular flexibility index (Phi) is 61.3. The van der Waals surface area contributed by atoms with Crippen LogP contribution in [0.3, 0.4) is 0 Å². The summed E-state index contributed by atoms with van der Waals surface area (Å²) in [6, 6.07) is -1.01. The van der Waals surface area contributed by atoms with Gasteiger partial charge in [-0.15, -0.1) is 0 Å². The molecule has 0 bridgehead atoms. The molecule has 0 aliphatic carbocycles. The minimum absolute atomic E-state index is 0.218. The minimum atomic E-state index is -1.99. The highest BCUT2D eigenvalue weighted by atomic mass is 16.8. The quantitative estimate of drug-likeness (QED) is 0.0199. The van der Waals surface area contributed by atoms with Crippen molar-refractivity contribution in [3.8, 4) is 0 Å². The van der Waals surface area contributed by atoms with Crippen LogP contribution < -0.4 is 5.32 Å². The summed E-state index contributed by atoms with van der Waals surface area (Å²) < 4.78 is 34.4. The molecule has 17 atom stereocenters. The lowest BCUT2D eigenvalue weighted by Crippen LogP contribution is -2.66. The van der Waals surface area contributed by atoms with Crippen LogP contribution in [0.25, 0.3) is 0 Å². The van der Waals surface area contributed by atoms with Gasteiger partial charge in [0.2, 0.25) is 5.91 Å². The molecule has 0 spiro atoms. The molecule has 1 amide bonds. The summed E-state index contributed by atoms with van der Waals surface area (Å²) in [5.74, 6) is -0.298. The van der Waals surface area contributed by atoms with Gasteiger partial charge in [0.05, 0.1) is 38.6 Å². The van der Waals surface area contributed by atoms with Crippen LogP contribution in [-0.4, -0.2) is 193 Å². The fraction of sp³-hybridized carbons (Fsp3) is 0.742. The van der Waals surface area contributed by atoms with Crippen LogP contribution in [0.4, 0.5) is 0 Å². The molecule has 3 heterocycles. The monoisotopic (exact) mass is 1520 g/mol. The average molecular weight is 1520 g/mol. The number of unbranched alkanes of at least 4 members (excludes halogenated alkanes) is 30. The van der Waals surface area contributed by atoms with E-state index in [1.807, 2.05) is 6.08 Å². The first-order valence-corrected chi connectivity index (χ1v) is 42.4. The van der Waals surface area contributed by atoms with Crippen molar-refractivity contribution < 1.29 is 89.4 Å². The molecule has 3 rings (SSSR count). The maximum atomic E-state index is 13.5. The first kappa shape index (κ1) is 98.1. The van der Waals surface area contributed by atoms with Crippen LogP contribution in [0.5, 0.6) is 0 Å². The third kappa shape index (κ3) is 46.2. The third-order valence-corrected chi connectivity index (χ3v) is 20.2. The van der Waals surface area contributed by atoms with Crippen molar-refractivity contribution in [1.82, 2.24) is 5.32 Å². The molecule has 3 fully saturated rings. The molecule has 0 aromatic rings. The van der Waals surface area contributed by atoms with Gasteiger partial charge >= 0.3 is 0 Å². The predicted molar refractivity (Wildman–Crippen MR) is 433 cm³/mol. The Morgan fingerprint density at radius 3 is 1.04 bits per heavy atom. The summed E-state index contributed by atoms with van der Waals surface area (Å²) in [7, 11) is 0. The molecule has 620 valence electrons. The second-order valence-corrected chi connectivity index (χ2v) is 29.5. The molecule has 12 N–H and O–H groups in total. The van der Waals surface area contributed by atoms with E-state index in [-0.39, 0.29) is 18.9 Å². The van der Waals surface area contributed by atoms with Crippen molar-refractivity contribution in [2.24, 2.45) is 0 Å². The molecule has 3 aliphatic rings. The van der Waals surface area contributed by atoms with Crippen molar-refractivity contribution in [2.45, 2.75) is 394 Å². The average Bonchev–Trinajstić information content (AvgIpc) is 0.774. The molecule has 0 aromatic heterocycles. The van der Waals surface area contributed by atoms with E-state index in [4.69, 9.17) is 28.4 Å². The number of nitrogens with one attached hydrogen (secondary N) is 1. The Morgan fingerprint density at radius 1 is 0.343 bits per heavy atom. The molecule has 0 radical (unpaired) electrons. The third-order valence-electron chi connectivity index (χ3n) is 20.2. The summed E-state index contributed by atoms with van der Waals surface area (Å²) >= 11 is 0. The summed E-state index contributed by atoms with van der Waals surface area (Å²) in [6.45, 7) is 1.61. The van der Waals surface area contributed by atoms with Gasteiger partial charge in [0.25, 0.3) is 0 Å². The van der Waals surface area contributed by atoms with Crippen molar-refractivity contribution >= 4 is 5.91 Å². The minimum Gasteiger partial charge on any atom is -0.394 e. The number of allylic oxidation sites excluding steroid dienone is 21. The van der Waals surface area contributed by atoms with E-state index < -0.39 is 124 Å². The van der Waals surface area contributed by atoms with Gasteiger partial charge in [-0.3, -0.25) is 4.79 Å². The first-order chi connectivity index (χ1) is 52.8. The van der Waals surface area contributed by atoms with E-state index in [0.717, 1.165) is 109 Å². The second kappa shape index (κ2) is 67.4. The molecule has 19 nitrogen and oxygen atoms in total. The van der Waals surface area contributed by atoms with Crippen LogP contribution in [-0.2, 0) is 33.2 Å². The van der Waals surface area contributed by atoms with Gasteiger partial charge in [-0.25, -0.2) is 0 Å². The number of ether oxygens (including phenoxy) is 6. The number of aliphatic hydroxyl groups excluding tert-OH is 11. The van der Waals surface area contributed by atoms with Crippen LogP contribution in [0.2, 0.25) is 0 Å². The SMILES string of the molecule is CC/C=C\C/C=C\C/C=C\C/C=C\C/C=C\C/C=C\C/C=C\C/C=C\CCCCCCCCCCCCC(=O)NC(COC1OC(CO)C(OC2OC(CO)C(OC3OC(CO)C(O)C(O)C3O)C(O)C2O)C(O)C1O)C(O)/C=C/CC/C=C/CC/C=C/CCCCCCCCCCCCCCCCCCCC. The highest BCUT2D eigenvalue weighted by Crippen LogP contribution is 2.33. The summed E-state index contributed by atoms with van der Waals surface area (Å²) in [6.07, 6.45) is 70.1. The van der Waals surface area contributed by atoms with E-state index in [2.05, 4.69) is 141 Å². The van der Waals surface area contributed by atoms with Crippen LogP contribution in [0.1, 0.15) is 290 Å². The van der Waals surface area contributed by atoms with Crippen LogP contribution in [0, 0.1) is 0 Å². The van der Waals surface area contributed by atoms with E-state index >= 15 is 0 Å². The molecule has 3 saturated heterocycles. The molecule has 19 heteroatoms. The number of carbonyl (C=O) groups excluding carboxylic acids is 1. The maximum absolute atomic E-state index is 13.5. The number of hydrogen-bond donors (Lipinski definition) is 12. The fourth-order valence-corrected chi connectivity index (χ4v) is 13.4. The Labute approximate surface area is 651 Å². The van der Waals surface area contributed by atoms with Crippen LogP contribution >= 0.6 is 0 Å². The van der Waals surface area contributed by atoms with Gasteiger partial charge in [0, 0.05) is 6.42 Å². The van der Waals surface area contributed by atoms with Gasteiger partial charge in [-0.1, -0.05) is 308 Å². The van der Waals surface area contributed by atoms with E-state index in [1.54, 1.807) is 6.08 Å². The molecule has 17 unspecified atom stereocenters. The number of aliphatic hydroxyl groups is 11. The van der Waals surface area contributed by atoms with Crippen molar-refractivity contribution in [1.29, 1.82) is 0 Å². The maximum Gasteiger partial charge on any atom is 0.220 e. The van der Waals surface area contributed by atoms with Gasteiger partial charge in [0.1, 0.15) is 73.2 Å². The standard InChI is InChI=1S/C89H151NO18/c1-3-5-7-9-11-13-15-17-19-21-23-25-27-29-31-33-34-35-36-37-38-39-41-43-45-47-49-51-53-55-57-59-61-63-65-67-77(95)90-72(73(94)66-64-62-60-58-56-54-52-50-48-46-44-42-40-32-30-28-26-24-22-20-18-16-14-12-10-8-6-4-2)71-103-87-83(101)80(98)85(75(69-92)105-87)108-89-84(102)81(99)86(76(70-93)106-89)107-88-82(100)79(97)78(96)74(68-91)104-88/h5,7,11,13,17,19,23,25,29,31,34-35,37-38,41,43,48,50,56,58,64,66,72-76,78-89,91-94,96-102H,3-4,6,8-10,12,14-16,18,20-22,24,26-28,30,32-33,36,39-40,42,44-47,49,51-55,57,59-63,65,67-71H2,1-2H3,(H,90,95)/b7-5-,13-11-,19-17-,25-23-,31-29-,35-34-,38-37-,43-41-,50-48+,58-56+,66-64+. The fourth-order valence-electron chi connectivity index (χ4n) is 13.4. The molecule has 3 aliphatic heterocycles. The predicted octanol–water partition coefficient (Wildman–Crippen LogP) is 15.2. The molecule has 0 saturated carbocycles. The Balaban J connectivity index is 1.38. The van der Waals surface area contributed by atoms with E-state index in [0.29, 0.717) is 12.8 Å². The van der Waals surface area contributed by atoms with Crippen molar-refractivity contribution in [2.75, 3.05) is 26.4 Å². The highest BCUT2D eigenvalue weighted by molar-refractivity contribution is 5.76. The Hall–Kier alpha value is -4.07. The lowest BCUT2D eigenvalue weighted by Gasteiger charge is -2.48. The summed E-state index contributed by atoms with van der Waals surface area (Å²) in [4.78, 5) is 13.5. The molecule has 0 aromatic carbocycles. The van der Waals surface area contributed by atoms with Gasteiger partial charge in [-0.2, -0.15) is 0 Å². The number of amides is 1. The van der Waals surface area contributed by atoms with Crippen molar-refractivity contribution in [3.63, 3.8) is 0 Å². The number of carbonyl (C=O) groups is 1. The zero-order valence-corrected chi connectivity index (χ0v) is 66.5. The number of hydrogen-bond acceptors (Lipinski definition) is 18. The topological polar surface area (TPSA) is 307 Å².